The number of nitrogens with zero attached hydrogens (tertiary/aromatic N) is 1. The molecule has 1 atom stereocenters. The summed E-state index contributed by atoms with van der Waals surface area (Å²) in [6, 6.07) is 5.91. The first kappa shape index (κ1) is 14.0. The van der Waals surface area contributed by atoms with Crippen LogP contribution in [0.25, 0.3) is 0 Å². The van der Waals surface area contributed by atoms with Crippen LogP contribution in [0.5, 0.6) is 0 Å². The van der Waals surface area contributed by atoms with Crippen molar-refractivity contribution in [1.82, 2.24) is 4.90 Å². The molecule has 2 rings (SSSR count). The highest BCUT2D eigenvalue weighted by Crippen LogP contribution is 2.21. The predicted octanol–water partition coefficient (Wildman–Crippen LogP) is 1.22. The summed E-state index contributed by atoms with van der Waals surface area (Å²) >= 11 is 0. The molecule has 1 fully saturated rings. The van der Waals surface area contributed by atoms with E-state index in [0.29, 0.717) is 13.0 Å². The Labute approximate surface area is 112 Å². The molecular formula is C13H16FNO3S. The van der Waals surface area contributed by atoms with Crippen LogP contribution in [-0.2, 0) is 21.2 Å². The van der Waals surface area contributed by atoms with Gasteiger partial charge >= 0.3 is 0 Å². The normalized spacial score (nSPS) is 21.3. The number of sulfone groups is 1. The average molecular weight is 285 g/mol. The number of amides is 1. The molecule has 19 heavy (non-hydrogen) atoms. The van der Waals surface area contributed by atoms with Crippen LogP contribution in [0.4, 0.5) is 4.39 Å². The van der Waals surface area contributed by atoms with Crippen LogP contribution in [0, 0.1) is 11.7 Å². The predicted molar refractivity (Wildman–Crippen MR) is 69.6 cm³/mol. The lowest BCUT2D eigenvalue weighted by Gasteiger charge is -2.20. The molecule has 0 bridgehead atoms. The van der Waals surface area contributed by atoms with E-state index < -0.39 is 15.8 Å². The SMILES string of the molecule is CN(Cc1ccc(F)cc1)C(=O)C1CCS(=O)(=O)C1. The van der Waals surface area contributed by atoms with Gasteiger partial charge in [-0.25, -0.2) is 12.8 Å². The highest BCUT2D eigenvalue weighted by atomic mass is 32.2. The fraction of sp³-hybridized carbons (Fsp3) is 0.462. The first-order valence-corrected chi connectivity index (χ1v) is 7.89. The number of halogens is 1. The number of carbonyl (C=O) groups excluding carboxylic acids is 1. The average Bonchev–Trinajstić information content (AvgIpc) is 2.71. The van der Waals surface area contributed by atoms with Crippen molar-refractivity contribution in [2.45, 2.75) is 13.0 Å². The van der Waals surface area contributed by atoms with Gasteiger partial charge in [-0.3, -0.25) is 4.79 Å². The molecule has 104 valence electrons. The second kappa shape index (κ2) is 5.28. The van der Waals surface area contributed by atoms with E-state index in [4.69, 9.17) is 0 Å². The summed E-state index contributed by atoms with van der Waals surface area (Å²) in [4.78, 5) is 13.6. The van der Waals surface area contributed by atoms with Gasteiger partial charge in [0, 0.05) is 13.6 Å². The minimum atomic E-state index is -3.05. The highest BCUT2D eigenvalue weighted by Gasteiger charge is 2.34. The molecule has 1 aromatic carbocycles. The van der Waals surface area contributed by atoms with Gasteiger partial charge in [-0.2, -0.15) is 0 Å². The van der Waals surface area contributed by atoms with Crippen molar-refractivity contribution in [2.24, 2.45) is 5.92 Å². The Morgan fingerprint density at radius 1 is 1.37 bits per heavy atom. The number of carbonyl (C=O) groups is 1. The van der Waals surface area contributed by atoms with E-state index in [1.807, 2.05) is 0 Å². The zero-order valence-corrected chi connectivity index (χ0v) is 11.5. The van der Waals surface area contributed by atoms with Gasteiger partial charge in [-0.1, -0.05) is 12.1 Å². The fourth-order valence-corrected chi connectivity index (χ4v) is 3.98. The van der Waals surface area contributed by atoms with Crippen LogP contribution < -0.4 is 0 Å². The van der Waals surface area contributed by atoms with Crippen LogP contribution in [0.15, 0.2) is 24.3 Å². The van der Waals surface area contributed by atoms with E-state index in [1.165, 1.54) is 17.0 Å². The second-order valence-electron chi connectivity index (χ2n) is 4.92. The Kier molecular flexibility index (Phi) is 3.89. The zero-order chi connectivity index (χ0) is 14.0. The largest absolute Gasteiger partial charge is 0.341 e. The quantitative estimate of drug-likeness (QED) is 0.839. The number of hydrogen-bond donors (Lipinski definition) is 0. The smallest absolute Gasteiger partial charge is 0.226 e. The topological polar surface area (TPSA) is 54.5 Å². The molecule has 0 saturated carbocycles. The van der Waals surface area contributed by atoms with Crippen molar-refractivity contribution in [2.75, 3.05) is 18.6 Å². The fourth-order valence-electron chi connectivity index (χ4n) is 2.24. The van der Waals surface area contributed by atoms with Crippen LogP contribution in [-0.4, -0.2) is 37.8 Å². The molecule has 1 unspecified atom stereocenters. The molecule has 1 amide bonds. The monoisotopic (exact) mass is 285 g/mol. The summed E-state index contributed by atoms with van der Waals surface area (Å²) < 4.78 is 35.5. The molecule has 1 heterocycles. The van der Waals surface area contributed by atoms with E-state index >= 15 is 0 Å². The first-order chi connectivity index (χ1) is 8.87. The van der Waals surface area contributed by atoms with Gasteiger partial charge in [-0.15, -0.1) is 0 Å². The highest BCUT2D eigenvalue weighted by molar-refractivity contribution is 7.91. The van der Waals surface area contributed by atoms with E-state index in [0.717, 1.165) is 5.56 Å². The van der Waals surface area contributed by atoms with Gasteiger partial charge in [-0.05, 0) is 24.1 Å². The minimum Gasteiger partial charge on any atom is -0.341 e. The molecule has 0 aliphatic carbocycles. The van der Waals surface area contributed by atoms with Crippen LogP contribution in [0.2, 0.25) is 0 Å². The van der Waals surface area contributed by atoms with Crippen LogP contribution in [0.1, 0.15) is 12.0 Å². The van der Waals surface area contributed by atoms with E-state index in [9.17, 15) is 17.6 Å². The zero-order valence-electron chi connectivity index (χ0n) is 10.7. The molecule has 0 aromatic heterocycles. The van der Waals surface area contributed by atoms with Gasteiger partial charge in [0.15, 0.2) is 9.84 Å². The summed E-state index contributed by atoms with van der Waals surface area (Å²) in [5.74, 6) is -0.881. The lowest BCUT2D eigenvalue weighted by molar-refractivity contribution is -0.133. The molecular weight excluding hydrogens is 269 g/mol. The molecule has 1 aliphatic heterocycles. The van der Waals surface area contributed by atoms with Gasteiger partial charge in [0.1, 0.15) is 5.82 Å². The maximum atomic E-state index is 12.8. The van der Waals surface area contributed by atoms with Gasteiger partial charge in [0.25, 0.3) is 0 Å². The van der Waals surface area contributed by atoms with E-state index in [-0.39, 0.29) is 23.2 Å². The van der Waals surface area contributed by atoms with Crippen molar-refractivity contribution in [1.29, 1.82) is 0 Å². The molecule has 0 N–H and O–H groups in total. The third-order valence-corrected chi connectivity index (χ3v) is 5.06. The standard InChI is InChI=1S/C13H16FNO3S/c1-15(8-10-2-4-12(14)5-3-10)13(16)11-6-7-19(17,18)9-11/h2-5,11H,6-9H2,1H3. The Morgan fingerprint density at radius 2 is 2.00 bits per heavy atom. The van der Waals surface area contributed by atoms with Crippen LogP contribution >= 0.6 is 0 Å². The molecule has 1 saturated heterocycles. The Bertz CT molecular complexity index is 568. The number of hydrogen-bond acceptors (Lipinski definition) is 3. The van der Waals surface area contributed by atoms with E-state index in [1.54, 1.807) is 19.2 Å². The van der Waals surface area contributed by atoms with Crippen molar-refractivity contribution in [3.8, 4) is 0 Å². The van der Waals surface area contributed by atoms with Crippen molar-refractivity contribution < 1.29 is 17.6 Å². The number of benzene rings is 1. The lowest BCUT2D eigenvalue weighted by atomic mass is 10.1. The Balaban J connectivity index is 1.98. The number of rotatable bonds is 3. The van der Waals surface area contributed by atoms with E-state index in [2.05, 4.69) is 0 Å². The summed E-state index contributed by atoms with van der Waals surface area (Å²) in [5.41, 5.74) is 0.818. The van der Waals surface area contributed by atoms with Gasteiger partial charge in [0.05, 0.1) is 17.4 Å². The molecule has 4 nitrogen and oxygen atoms in total. The van der Waals surface area contributed by atoms with Crippen molar-refractivity contribution in [3.63, 3.8) is 0 Å². The Hall–Kier alpha value is -1.43. The van der Waals surface area contributed by atoms with Gasteiger partial charge < -0.3 is 4.90 Å². The maximum Gasteiger partial charge on any atom is 0.226 e. The minimum absolute atomic E-state index is 0.0560. The summed E-state index contributed by atoms with van der Waals surface area (Å²) in [5, 5.41) is 0. The third kappa shape index (κ3) is 3.53. The van der Waals surface area contributed by atoms with Gasteiger partial charge in [0.2, 0.25) is 5.91 Å². The maximum absolute atomic E-state index is 12.8. The molecule has 0 radical (unpaired) electrons. The van der Waals surface area contributed by atoms with Crippen LogP contribution in [0.3, 0.4) is 0 Å². The van der Waals surface area contributed by atoms with Crippen molar-refractivity contribution >= 4 is 15.7 Å². The third-order valence-electron chi connectivity index (χ3n) is 3.29. The summed E-state index contributed by atoms with van der Waals surface area (Å²) in [6.07, 6.45) is 0.398. The lowest BCUT2D eigenvalue weighted by Crippen LogP contribution is -2.33. The molecule has 1 aliphatic rings. The second-order valence-corrected chi connectivity index (χ2v) is 7.15. The molecule has 1 aromatic rings. The summed E-state index contributed by atoms with van der Waals surface area (Å²) in [7, 11) is -1.41. The molecule has 0 spiro atoms. The summed E-state index contributed by atoms with van der Waals surface area (Å²) in [6.45, 7) is 0.357. The first-order valence-electron chi connectivity index (χ1n) is 6.07. The Morgan fingerprint density at radius 3 is 2.53 bits per heavy atom. The van der Waals surface area contributed by atoms with Crippen molar-refractivity contribution in [3.05, 3.63) is 35.6 Å². The molecule has 6 heteroatoms.